The van der Waals surface area contributed by atoms with Crippen LogP contribution in [0.5, 0.6) is 0 Å². The van der Waals surface area contributed by atoms with Crippen molar-refractivity contribution in [2.75, 3.05) is 0 Å². The van der Waals surface area contributed by atoms with Gasteiger partial charge in [-0.2, -0.15) is 0 Å². The molecule has 0 radical (unpaired) electrons. The molecule has 1 aromatic rings. The fourth-order valence-corrected chi connectivity index (χ4v) is 1.41. The lowest BCUT2D eigenvalue weighted by molar-refractivity contribution is 0.0955. The predicted molar refractivity (Wildman–Crippen MR) is 53.2 cm³/mol. The minimum Gasteiger partial charge on any atom is -0.391 e. The van der Waals surface area contributed by atoms with Gasteiger partial charge in [0.1, 0.15) is 0 Å². The van der Waals surface area contributed by atoms with Gasteiger partial charge in [0.15, 0.2) is 0 Å². The molecule has 0 aromatic carbocycles. The molecule has 74 valence electrons. The molecule has 0 spiro atoms. The van der Waals surface area contributed by atoms with Gasteiger partial charge in [-0.25, -0.2) is 0 Å². The molecule has 3 heteroatoms. The SMILES string of the molecule is CC(C)C(O)C(N)c1cccn1C. The van der Waals surface area contributed by atoms with Crippen molar-refractivity contribution in [1.82, 2.24) is 4.57 Å². The number of nitrogens with zero attached hydrogens (tertiary/aromatic N) is 1. The van der Waals surface area contributed by atoms with Gasteiger partial charge >= 0.3 is 0 Å². The number of aliphatic hydroxyl groups is 1. The summed E-state index contributed by atoms with van der Waals surface area (Å²) in [7, 11) is 1.93. The van der Waals surface area contributed by atoms with E-state index in [9.17, 15) is 5.11 Å². The van der Waals surface area contributed by atoms with E-state index in [0.717, 1.165) is 5.69 Å². The second-order valence-electron chi connectivity index (χ2n) is 3.80. The Morgan fingerprint density at radius 2 is 2.08 bits per heavy atom. The maximum Gasteiger partial charge on any atom is 0.0770 e. The quantitative estimate of drug-likeness (QED) is 0.734. The Kier molecular flexibility index (Phi) is 3.12. The predicted octanol–water partition coefficient (Wildman–Crippen LogP) is 1.04. The number of aryl methyl sites for hydroxylation is 1. The van der Waals surface area contributed by atoms with Crippen LogP contribution < -0.4 is 5.73 Å². The van der Waals surface area contributed by atoms with Crippen LogP contribution >= 0.6 is 0 Å². The van der Waals surface area contributed by atoms with Crippen molar-refractivity contribution in [3.8, 4) is 0 Å². The molecule has 3 nitrogen and oxygen atoms in total. The summed E-state index contributed by atoms with van der Waals surface area (Å²) in [5.41, 5.74) is 6.89. The number of hydrogen-bond acceptors (Lipinski definition) is 2. The van der Waals surface area contributed by atoms with E-state index in [1.165, 1.54) is 0 Å². The Morgan fingerprint density at radius 3 is 2.46 bits per heavy atom. The zero-order valence-corrected chi connectivity index (χ0v) is 8.44. The third kappa shape index (κ3) is 2.11. The molecule has 0 aliphatic rings. The summed E-state index contributed by atoms with van der Waals surface area (Å²) < 4.78 is 1.94. The number of aromatic nitrogens is 1. The first-order valence-corrected chi connectivity index (χ1v) is 4.59. The van der Waals surface area contributed by atoms with Gasteiger partial charge in [-0.3, -0.25) is 0 Å². The molecule has 2 atom stereocenters. The van der Waals surface area contributed by atoms with E-state index in [4.69, 9.17) is 5.73 Å². The largest absolute Gasteiger partial charge is 0.391 e. The molecular weight excluding hydrogens is 164 g/mol. The van der Waals surface area contributed by atoms with E-state index in [0.29, 0.717) is 0 Å². The minimum atomic E-state index is -0.478. The standard InChI is InChI=1S/C10H18N2O/c1-7(2)10(13)9(11)8-5-4-6-12(8)3/h4-7,9-10,13H,11H2,1-3H3. The molecule has 0 aliphatic heterocycles. The van der Waals surface area contributed by atoms with Crippen LogP contribution in [-0.2, 0) is 7.05 Å². The molecule has 1 aromatic heterocycles. The van der Waals surface area contributed by atoms with Gasteiger partial charge < -0.3 is 15.4 Å². The van der Waals surface area contributed by atoms with Crippen LogP contribution in [0.15, 0.2) is 18.3 Å². The first kappa shape index (κ1) is 10.3. The van der Waals surface area contributed by atoms with Crippen LogP contribution in [0.2, 0.25) is 0 Å². The second kappa shape index (κ2) is 3.94. The highest BCUT2D eigenvalue weighted by atomic mass is 16.3. The Labute approximate surface area is 79.2 Å². The summed E-state index contributed by atoms with van der Waals surface area (Å²) in [6, 6.07) is 3.58. The minimum absolute atomic E-state index is 0.185. The first-order chi connectivity index (χ1) is 6.04. The van der Waals surface area contributed by atoms with Crippen molar-refractivity contribution >= 4 is 0 Å². The molecule has 0 fully saturated rings. The molecule has 13 heavy (non-hydrogen) atoms. The highest BCUT2D eigenvalue weighted by molar-refractivity contribution is 5.12. The van der Waals surface area contributed by atoms with Gasteiger partial charge in [-0.05, 0) is 18.1 Å². The van der Waals surface area contributed by atoms with Crippen LogP contribution in [0.4, 0.5) is 0 Å². The third-order valence-corrected chi connectivity index (χ3v) is 2.38. The lowest BCUT2D eigenvalue weighted by atomic mass is 9.98. The smallest absolute Gasteiger partial charge is 0.0770 e. The topological polar surface area (TPSA) is 51.2 Å². The van der Waals surface area contributed by atoms with E-state index >= 15 is 0 Å². The summed E-state index contributed by atoms with van der Waals surface area (Å²) in [5.74, 6) is 0.185. The summed E-state index contributed by atoms with van der Waals surface area (Å²) >= 11 is 0. The van der Waals surface area contributed by atoms with Crippen molar-refractivity contribution in [2.45, 2.75) is 26.0 Å². The van der Waals surface area contributed by atoms with E-state index in [2.05, 4.69) is 0 Å². The number of nitrogens with two attached hydrogens (primary N) is 1. The molecule has 1 rings (SSSR count). The molecule has 0 bridgehead atoms. The van der Waals surface area contributed by atoms with Gasteiger partial charge in [-0.15, -0.1) is 0 Å². The molecule has 0 saturated carbocycles. The zero-order chi connectivity index (χ0) is 10.0. The van der Waals surface area contributed by atoms with Crippen LogP contribution in [0.1, 0.15) is 25.6 Å². The Balaban J connectivity index is 2.79. The average Bonchev–Trinajstić information content (AvgIpc) is 2.48. The van der Waals surface area contributed by atoms with Crippen molar-refractivity contribution in [1.29, 1.82) is 0 Å². The fourth-order valence-electron chi connectivity index (χ4n) is 1.41. The summed E-state index contributed by atoms with van der Waals surface area (Å²) in [4.78, 5) is 0. The van der Waals surface area contributed by atoms with E-state index in [-0.39, 0.29) is 12.0 Å². The fraction of sp³-hybridized carbons (Fsp3) is 0.600. The van der Waals surface area contributed by atoms with Gasteiger partial charge in [0.2, 0.25) is 0 Å². The van der Waals surface area contributed by atoms with E-state index in [1.54, 1.807) is 0 Å². The number of hydrogen-bond donors (Lipinski definition) is 2. The number of aliphatic hydroxyl groups excluding tert-OH is 1. The average molecular weight is 182 g/mol. The lowest BCUT2D eigenvalue weighted by Gasteiger charge is -2.22. The molecule has 0 amide bonds. The van der Waals surface area contributed by atoms with Crippen LogP contribution in [0.25, 0.3) is 0 Å². The zero-order valence-electron chi connectivity index (χ0n) is 8.44. The normalized spacial score (nSPS) is 16.2. The highest BCUT2D eigenvalue weighted by Gasteiger charge is 2.21. The third-order valence-electron chi connectivity index (χ3n) is 2.38. The van der Waals surface area contributed by atoms with Crippen LogP contribution in [-0.4, -0.2) is 15.8 Å². The monoisotopic (exact) mass is 182 g/mol. The Bertz CT molecular complexity index is 268. The lowest BCUT2D eigenvalue weighted by Crippen LogP contribution is -2.31. The second-order valence-corrected chi connectivity index (χ2v) is 3.80. The summed E-state index contributed by atoms with van der Waals surface area (Å²) in [5, 5.41) is 9.75. The van der Waals surface area contributed by atoms with E-state index in [1.807, 2.05) is 43.8 Å². The molecule has 0 aliphatic carbocycles. The first-order valence-electron chi connectivity index (χ1n) is 4.59. The van der Waals surface area contributed by atoms with Crippen LogP contribution in [0.3, 0.4) is 0 Å². The number of rotatable bonds is 3. The van der Waals surface area contributed by atoms with Gasteiger partial charge in [-0.1, -0.05) is 13.8 Å². The van der Waals surface area contributed by atoms with Gasteiger partial charge in [0.05, 0.1) is 12.1 Å². The van der Waals surface area contributed by atoms with Crippen LogP contribution in [0, 0.1) is 5.92 Å². The van der Waals surface area contributed by atoms with Gasteiger partial charge in [0.25, 0.3) is 0 Å². The van der Waals surface area contributed by atoms with Crippen molar-refractivity contribution in [2.24, 2.45) is 18.7 Å². The molecule has 0 saturated heterocycles. The molecular formula is C10H18N2O. The summed E-state index contributed by atoms with van der Waals surface area (Å²) in [6.45, 7) is 3.93. The molecule has 1 heterocycles. The summed E-state index contributed by atoms with van der Waals surface area (Å²) in [6.07, 6.45) is 1.45. The maximum atomic E-state index is 9.75. The van der Waals surface area contributed by atoms with E-state index < -0.39 is 6.10 Å². The van der Waals surface area contributed by atoms with Crippen molar-refractivity contribution in [3.63, 3.8) is 0 Å². The molecule has 2 unspecified atom stereocenters. The highest BCUT2D eigenvalue weighted by Crippen LogP contribution is 2.19. The van der Waals surface area contributed by atoms with Crippen molar-refractivity contribution < 1.29 is 5.11 Å². The Hall–Kier alpha value is -0.800. The Morgan fingerprint density at radius 1 is 1.46 bits per heavy atom. The maximum absolute atomic E-state index is 9.75. The van der Waals surface area contributed by atoms with Gasteiger partial charge in [0, 0.05) is 18.9 Å². The molecule has 3 N–H and O–H groups in total. The van der Waals surface area contributed by atoms with Crippen molar-refractivity contribution in [3.05, 3.63) is 24.0 Å².